The van der Waals surface area contributed by atoms with Gasteiger partial charge in [0, 0.05) is 12.4 Å². The molecule has 0 radical (unpaired) electrons. The van der Waals surface area contributed by atoms with Gasteiger partial charge in [0.2, 0.25) is 0 Å². The Labute approximate surface area is 72.7 Å². The van der Waals surface area contributed by atoms with E-state index in [0.29, 0.717) is 6.47 Å². The fraction of sp³-hybridized carbons (Fsp3) is 0.444. The predicted octanol–water partition coefficient (Wildman–Crippen LogP) is 1.97. The van der Waals surface area contributed by atoms with E-state index in [1.165, 1.54) is 0 Å². The third-order valence-electron chi connectivity index (χ3n) is 0.898. The number of hydrogen-bond acceptors (Lipinski definition) is 2. The van der Waals surface area contributed by atoms with E-state index in [2.05, 4.69) is 9.72 Å². The SMILES string of the molecule is CC(C)(C)OC=O.c1cc[nH]c1. The van der Waals surface area contributed by atoms with E-state index in [-0.39, 0.29) is 5.60 Å². The summed E-state index contributed by atoms with van der Waals surface area (Å²) < 4.78 is 4.55. The largest absolute Gasteiger partial charge is 0.462 e. The summed E-state index contributed by atoms with van der Waals surface area (Å²) in [5, 5.41) is 0. The molecule has 0 spiro atoms. The second-order valence-electron chi connectivity index (χ2n) is 3.21. The normalized spacial score (nSPS) is 9.58. The Morgan fingerprint density at radius 2 is 1.75 bits per heavy atom. The van der Waals surface area contributed by atoms with Crippen molar-refractivity contribution in [2.45, 2.75) is 26.4 Å². The molecule has 0 saturated heterocycles. The van der Waals surface area contributed by atoms with E-state index in [4.69, 9.17) is 0 Å². The lowest BCUT2D eigenvalue weighted by Crippen LogP contribution is -2.17. The van der Waals surface area contributed by atoms with Gasteiger partial charge in [-0.3, -0.25) is 4.79 Å². The molecule has 0 aliphatic carbocycles. The lowest BCUT2D eigenvalue weighted by atomic mass is 10.2. The number of aromatic nitrogens is 1. The van der Waals surface area contributed by atoms with E-state index >= 15 is 0 Å². The highest BCUT2D eigenvalue weighted by atomic mass is 16.5. The smallest absolute Gasteiger partial charge is 0.293 e. The molecule has 0 saturated carbocycles. The number of aromatic amines is 1. The molecule has 0 fully saturated rings. The zero-order valence-corrected chi connectivity index (χ0v) is 7.70. The molecule has 68 valence electrons. The number of rotatable bonds is 1. The van der Waals surface area contributed by atoms with Crippen molar-refractivity contribution in [1.82, 2.24) is 4.98 Å². The van der Waals surface area contributed by atoms with Crippen molar-refractivity contribution in [1.29, 1.82) is 0 Å². The first kappa shape index (κ1) is 10.8. The molecule has 1 aromatic rings. The Bertz CT molecular complexity index is 170. The van der Waals surface area contributed by atoms with Gasteiger partial charge < -0.3 is 9.72 Å². The van der Waals surface area contributed by atoms with Crippen LogP contribution in [-0.2, 0) is 9.53 Å². The number of ether oxygens (including phenoxy) is 1. The van der Waals surface area contributed by atoms with Crippen LogP contribution >= 0.6 is 0 Å². The van der Waals surface area contributed by atoms with Crippen LogP contribution in [0.4, 0.5) is 0 Å². The molecule has 3 nitrogen and oxygen atoms in total. The molecule has 0 amide bonds. The molecule has 0 atom stereocenters. The lowest BCUT2D eigenvalue weighted by molar-refractivity contribution is -0.138. The van der Waals surface area contributed by atoms with Gasteiger partial charge >= 0.3 is 0 Å². The van der Waals surface area contributed by atoms with Crippen molar-refractivity contribution >= 4 is 6.47 Å². The van der Waals surface area contributed by atoms with Crippen LogP contribution in [-0.4, -0.2) is 17.1 Å². The molecule has 0 bridgehead atoms. The third-order valence-corrected chi connectivity index (χ3v) is 0.898. The zero-order valence-electron chi connectivity index (χ0n) is 7.70. The molecule has 1 heterocycles. The maximum Gasteiger partial charge on any atom is 0.293 e. The number of carbonyl (C=O) groups excluding carboxylic acids is 1. The Hall–Kier alpha value is -1.25. The van der Waals surface area contributed by atoms with Gasteiger partial charge in [-0.25, -0.2) is 0 Å². The van der Waals surface area contributed by atoms with Crippen molar-refractivity contribution in [3.05, 3.63) is 24.5 Å². The summed E-state index contributed by atoms with van der Waals surface area (Å²) in [6.45, 7) is 5.92. The molecule has 0 aliphatic rings. The van der Waals surface area contributed by atoms with Gasteiger partial charge in [-0.05, 0) is 32.9 Å². The van der Waals surface area contributed by atoms with Crippen molar-refractivity contribution in [3.8, 4) is 0 Å². The van der Waals surface area contributed by atoms with Gasteiger partial charge in [-0.1, -0.05) is 0 Å². The van der Waals surface area contributed by atoms with E-state index < -0.39 is 0 Å². The summed E-state index contributed by atoms with van der Waals surface area (Å²) in [6.07, 6.45) is 3.75. The van der Waals surface area contributed by atoms with E-state index in [1.54, 1.807) is 0 Å². The van der Waals surface area contributed by atoms with Crippen LogP contribution in [0.1, 0.15) is 20.8 Å². The molecule has 3 heteroatoms. The minimum atomic E-state index is -0.318. The summed E-state index contributed by atoms with van der Waals surface area (Å²) in [7, 11) is 0. The second-order valence-corrected chi connectivity index (χ2v) is 3.21. The second kappa shape index (κ2) is 5.41. The number of carbonyl (C=O) groups is 1. The number of H-pyrrole nitrogens is 1. The fourth-order valence-corrected chi connectivity index (χ4v) is 0.422. The minimum absolute atomic E-state index is 0.318. The Morgan fingerprint density at radius 1 is 1.25 bits per heavy atom. The summed E-state index contributed by atoms with van der Waals surface area (Å²) >= 11 is 0. The third kappa shape index (κ3) is 8.75. The first-order chi connectivity index (χ1) is 5.56. The minimum Gasteiger partial charge on any atom is -0.462 e. The number of hydrogen-bond donors (Lipinski definition) is 1. The molecular formula is C9H15NO2. The van der Waals surface area contributed by atoms with Crippen molar-refractivity contribution in [2.75, 3.05) is 0 Å². The molecule has 1 rings (SSSR count). The van der Waals surface area contributed by atoms with Crippen LogP contribution in [0.5, 0.6) is 0 Å². The topological polar surface area (TPSA) is 42.1 Å². The van der Waals surface area contributed by atoms with Crippen LogP contribution in [0, 0.1) is 0 Å². The van der Waals surface area contributed by atoms with E-state index in [9.17, 15) is 4.79 Å². The highest BCUT2D eigenvalue weighted by Crippen LogP contribution is 2.02. The Kier molecular flexibility index (Phi) is 4.84. The van der Waals surface area contributed by atoms with Gasteiger partial charge in [-0.15, -0.1) is 0 Å². The van der Waals surface area contributed by atoms with Gasteiger partial charge in [0.05, 0.1) is 0 Å². The van der Waals surface area contributed by atoms with Gasteiger partial charge in [-0.2, -0.15) is 0 Å². The summed E-state index contributed by atoms with van der Waals surface area (Å²) in [5.41, 5.74) is -0.318. The van der Waals surface area contributed by atoms with Crippen LogP contribution in [0.25, 0.3) is 0 Å². The van der Waals surface area contributed by atoms with Crippen LogP contribution in [0.3, 0.4) is 0 Å². The van der Waals surface area contributed by atoms with Crippen molar-refractivity contribution in [2.24, 2.45) is 0 Å². The van der Waals surface area contributed by atoms with Crippen molar-refractivity contribution in [3.63, 3.8) is 0 Å². The lowest BCUT2D eigenvalue weighted by Gasteiger charge is -2.14. The predicted molar refractivity (Wildman–Crippen MR) is 47.7 cm³/mol. The molecule has 12 heavy (non-hydrogen) atoms. The fourth-order valence-electron chi connectivity index (χ4n) is 0.422. The average molecular weight is 169 g/mol. The Morgan fingerprint density at radius 3 is 1.83 bits per heavy atom. The van der Waals surface area contributed by atoms with Crippen molar-refractivity contribution < 1.29 is 9.53 Å². The molecule has 1 aromatic heterocycles. The highest BCUT2D eigenvalue weighted by molar-refractivity contribution is 5.37. The Balaban J connectivity index is 0.000000211. The maximum absolute atomic E-state index is 9.60. The quantitative estimate of drug-likeness (QED) is 0.653. The zero-order chi connectivity index (χ0) is 9.45. The van der Waals surface area contributed by atoms with Crippen LogP contribution < -0.4 is 0 Å². The average Bonchev–Trinajstić information content (AvgIpc) is 2.38. The molecule has 0 aliphatic heterocycles. The summed E-state index contributed by atoms with van der Waals surface area (Å²) in [5.74, 6) is 0. The summed E-state index contributed by atoms with van der Waals surface area (Å²) in [4.78, 5) is 12.5. The van der Waals surface area contributed by atoms with Crippen LogP contribution in [0.15, 0.2) is 24.5 Å². The first-order valence-electron chi connectivity index (χ1n) is 3.75. The standard InChI is InChI=1S/C5H10O2.C4H5N/c1-5(2,3)7-4-6;1-2-4-5-3-1/h4H,1-3H3;1-5H. The molecule has 0 unspecified atom stereocenters. The number of nitrogens with one attached hydrogen (secondary N) is 1. The maximum atomic E-state index is 9.60. The van der Waals surface area contributed by atoms with Crippen LogP contribution in [0.2, 0.25) is 0 Å². The highest BCUT2D eigenvalue weighted by Gasteiger charge is 2.07. The van der Waals surface area contributed by atoms with E-state index in [0.717, 1.165) is 0 Å². The first-order valence-corrected chi connectivity index (χ1v) is 3.75. The van der Waals surface area contributed by atoms with E-state index in [1.807, 2.05) is 45.3 Å². The van der Waals surface area contributed by atoms with Gasteiger partial charge in [0.1, 0.15) is 5.60 Å². The van der Waals surface area contributed by atoms with Gasteiger partial charge in [0.15, 0.2) is 0 Å². The molecule has 0 aromatic carbocycles. The molecular weight excluding hydrogens is 154 g/mol. The molecule has 1 N–H and O–H groups in total. The van der Waals surface area contributed by atoms with Gasteiger partial charge in [0.25, 0.3) is 6.47 Å². The monoisotopic (exact) mass is 169 g/mol. The summed E-state index contributed by atoms with van der Waals surface area (Å²) in [6, 6.07) is 3.89.